The summed E-state index contributed by atoms with van der Waals surface area (Å²) >= 11 is 1.55. The van der Waals surface area contributed by atoms with E-state index in [-0.39, 0.29) is 11.2 Å². The van der Waals surface area contributed by atoms with E-state index < -0.39 is 0 Å². The Bertz CT molecular complexity index is 591. The molecule has 0 radical (unpaired) electrons. The van der Waals surface area contributed by atoms with Crippen molar-refractivity contribution in [2.24, 2.45) is 0 Å². The van der Waals surface area contributed by atoms with Crippen molar-refractivity contribution in [1.82, 2.24) is 19.7 Å². The van der Waals surface area contributed by atoms with Gasteiger partial charge in [0.1, 0.15) is 0 Å². The van der Waals surface area contributed by atoms with Crippen LogP contribution in [0.5, 0.6) is 0 Å². The van der Waals surface area contributed by atoms with Crippen molar-refractivity contribution in [2.45, 2.75) is 49.1 Å². The van der Waals surface area contributed by atoms with E-state index in [9.17, 15) is 4.79 Å². The normalized spacial score (nSPS) is 22.9. The van der Waals surface area contributed by atoms with Gasteiger partial charge >= 0.3 is 0 Å². The molecule has 1 saturated carbocycles. The molecule has 4 rings (SSSR count). The summed E-state index contributed by atoms with van der Waals surface area (Å²) in [6.07, 6.45) is 4.84. The average molecular weight is 351 g/mol. The standard InChI is InChI=1S/C16H25N5O2S/c1-12(14(22)19-8-10-23-11-9-19)24-16-18-17-15(20-6-2-3-7-20)21(16)13-4-5-13/h12-13H,2-11H2,1H3/t12-/m0/s1. The Kier molecular flexibility index (Phi) is 4.67. The molecular weight excluding hydrogens is 326 g/mol. The molecule has 24 heavy (non-hydrogen) atoms. The zero-order chi connectivity index (χ0) is 16.5. The second-order valence-corrected chi connectivity index (χ2v) is 8.08. The van der Waals surface area contributed by atoms with Gasteiger partial charge < -0.3 is 14.5 Å². The summed E-state index contributed by atoms with van der Waals surface area (Å²) in [5.41, 5.74) is 0. The molecule has 0 aromatic carbocycles. The predicted molar refractivity (Wildman–Crippen MR) is 92.5 cm³/mol. The second kappa shape index (κ2) is 6.92. The third-order valence-corrected chi connectivity index (χ3v) is 5.94. The molecule has 3 fully saturated rings. The molecule has 7 nitrogen and oxygen atoms in total. The summed E-state index contributed by atoms with van der Waals surface area (Å²) in [5, 5.41) is 9.64. The van der Waals surface area contributed by atoms with Crippen molar-refractivity contribution < 1.29 is 9.53 Å². The molecule has 0 bridgehead atoms. The fourth-order valence-electron chi connectivity index (χ4n) is 3.38. The molecule has 0 N–H and O–H groups in total. The van der Waals surface area contributed by atoms with Gasteiger partial charge in [-0.1, -0.05) is 11.8 Å². The third-order valence-electron chi connectivity index (χ3n) is 4.90. The van der Waals surface area contributed by atoms with Gasteiger partial charge in [-0.25, -0.2) is 0 Å². The number of thioether (sulfide) groups is 1. The van der Waals surface area contributed by atoms with Gasteiger partial charge in [0, 0.05) is 32.2 Å². The van der Waals surface area contributed by atoms with Crippen molar-refractivity contribution in [1.29, 1.82) is 0 Å². The number of morpholine rings is 1. The maximum atomic E-state index is 12.6. The summed E-state index contributed by atoms with van der Waals surface area (Å²) in [4.78, 5) is 16.9. The van der Waals surface area contributed by atoms with Gasteiger partial charge in [-0.15, -0.1) is 10.2 Å². The molecule has 2 aliphatic heterocycles. The SMILES string of the molecule is C[C@H](Sc1nnc(N2CCCC2)n1C1CC1)C(=O)N1CCOCC1. The maximum absolute atomic E-state index is 12.6. The highest BCUT2D eigenvalue weighted by Crippen LogP contribution is 2.42. The minimum atomic E-state index is -0.142. The minimum Gasteiger partial charge on any atom is -0.378 e. The van der Waals surface area contributed by atoms with Gasteiger partial charge in [-0.05, 0) is 32.6 Å². The Morgan fingerprint density at radius 3 is 2.54 bits per heavy atom. The molecule has 1 aliphatic carbocycles. The summed E-state index contributed by atoms with van der Waals surface area (Å²) < 4.78 is 7.61. The van der Waals surface area contributed by atoms with Crippen molar-refractivity contribution in [3.05, 3.63) is 0 Å². The zero-order valence-corrected chi connectivity index (χ0v) is 15.0. The highest BCUT2D eigenvalue weighted by atomic mass is 32.2. The lowest BCUT2D eigenvalue weighted by atomic mass is 10.3. The molecule has 3 heterocycles. The summed E-state index contributed by atoms with van der Waals surface area (Å²) in [5.74, 6) is 1.18. The first-order chi connectivity index (χ1) is 11.7. The molecule has 1 atom stereocenters. The van der Waals surface area contributed by atoms with Gasteiger partial charge in [-0.2, -0.15) is 0 Å². The first kappa shape index (κ1) is 16.2. The van der Waals surface area contributed by atoms with Crippen LogP contribution in [-0.2, 0) is 9.53 Å². The molecule has 132 valence electrons. The number of hydrogen-bond donors (Lipinski definition) is 0. The number of anilines is 1. The van der Waals surface area contributed by atoms with Gasteiger partial charge in [-0.3, -0.25) is 9.36 Å². The minimum absolute atomic E-state index is 0.142. The van der Waals surface area contributed by atoms with Gasteiger partial charge in [0.25, 0.3) is 0 Å². The molecule has 1 aromatic rings. The van der Waals surface area contributed by atoms with Crippen LogP contribution in [0.3, 0.4) is 0 Å². The molecule has 2 saturated heterocycles. The quantitative estimate of drug-likeness (QED) is 0.750. The van der Waals surface area contributed by atoms with E-state index >= 15 is 0 Å². The van der Waals surface area contributed by atoms with Crippen LogP contribution >= 0.6 is 11.8 Å². The van der Waals surface area contributed by atoms with Crippen LogP contribution in [0.2, 0.25) is 0 Å². The maximum Gasteiger partial charge on any atom is 0.236 e. The number of carbonyl (C=O) groups excluding carboxylic acids is 1. The summed E-state index contributed by atoms with van der Waals surface area (Å²) in [6, 6.07) is 0.517. The Morgan fingerprint density at radius 2 is 1.88 bits per heavy atom. The number of nitrogens with zero attached hydrogens (tertiary/aromatic N) is 5. The average Bonchev–Trinajstić information content (AvgIpc) is 3.14. The van der Waals surface area contributed by atoms with Crippen LogP contribution in [0.4, 0.5) is 5.95 Å². The van der Waals surface area contributed by atoms with Crippen molar-refractivity contribution in [2.75, 3.05) is 44.3 Å². The number of carbonyl (C=O) groups is 1. The van der Waals surface area contributed by atoms with E-state index in [0.29, 0.717) is 32.3 Å². The fourth-order valence-corrected chi connectivity index (χ4v) is 4.38. The van der Waals surface area contributed by atoms with E-state index in [1.54, 1.807) is 11.8 Å². The highest BCUT2D eigenvalue weighted by molar-refractivity contribution is 8.00. The number of ether oxygens (including phenoxy) is 1. The van der Waals surface area contributed by atoms with E-state index in [0.717, 1.165) is 24.2 Å². The Balaban J connectivity index is 1.48. The molecule has 8 heteroatoms. The summed E-state index contributed by atoms with van der Waals surface area (Å²) in [6.45, 7) is 6.77. The van der Waals surface area contributed by atoms with Crippen LogP contribution in [0, 0.1) is 0 Å². The topological polar surface area (TPSA) is 63.5 Å². The monoisotopic (exact) mass is 351 g/mol. The van der Waals surface area contributed by atoms with Gasteiger partial charge in [0.05, 0.1) is 18.5 Å². The number of aromatic nitrogens is 3. The molecule has 0 spiro atoms. The van der Waals surface area contributed by atoms with Crippen molar-refractivity contribution >= 4 is 23.6 Å². The lowest BCUT2D eigenvalue weighted by Crippen LogP contribution is -2.44. The molecular formula is C16H25N5O2S. The number of hydrogen-bond acceptors (Lipinski definition) is 6. The van der Waals surface area contributed by atoms with Gasteiger partial charge in [0.2, 0.25) is 11.9 Å². The lowest BCUT2D eigenvalue weighted by molar-refractivity contribution is -0.134. The fraction of sp³-hybridized carbons (Fsp3) is 0.812. The van der Waals surface area contributed by atoms with E-state index in [4.69, 9.17) is 4.74 Å². The highest BCUT2D eigenvalue weighted by Gasteiger charge is 2.34. The predicted octanol–water partition coefficient (Wildman–Crippen LogP) is 1.55. The first-order valence-electron chi connectivity index (χ1n) is 8.97. The van der Waals surface area contributed by atoms with E-state index in [2.05, 4.69) is 19.7 Å². The van der Waals surface area contributed by atoms with Crippen LogP contribution in [0.25, 0.3) is 0 Å². The largest absolute Gasteiger partial charge is 0.378 e. The van der Waals surface area contributed by atoms with Crippen molar-refractivity contribution in [3.63, 3.8) is 0 Å². The zero-order valence-electron chi connectivity index (χ0n) is 14.2. The number of rotatable bonds is 5. The van der Waals surface area contributed by atoms with E-state index in [1.807, 2.05) is 11.8 Å². The molecule has 3 aliphatic rings. The molecule has 1 aromatic heterocycles. The first-order valence-corrected chi connectivity index (χ1v) is 9.85. The lowest BCUT2D eigenvalue weighted by Gasteiger charge is -2.29. The van der Waals surface area contributed by atoms with Gasteiger partial charge in [0.15, 0.2) is 5.16 Å². The smallest absolute Gasteiger partial charge is 0.236 e. The molecule has 1 amide bonds. The summed E-state index contributed by atoms with van der Waals surface area (Å²) in [7, 11) is 0. The van der Waals surface area contributed by atoms with Crippen molar-refractivity contribution in [3.8, 4) is 0 Å². The van der Waals surface area contributed by atoms with Crippen LogP contribution < -0.4 is 4.90 Å². The third kappa shape index (κ3) is 3.26. The Morgan fingerprint density at radius 1 is 1.17 bits per heavy atom. The Hall–Kier alpha value is -1.28. The van der Waals surface area contributed by atoms with E-state index in [1.165, 1.54) is 25.7 Å². The number of amides is 1. The second-order valence-electron chi connectivity index (χ2n) is 6.78. The Labute approximate surface area is 146 Å². The molecule has 0 unspecified atom stereocenters. The van der Waals surface area contributed by atoms with Crippen LogP contribution in [0.15, 0.2) is 5.16 Å². The van der Waals surface area contributed by atoms with Crippen LogP contribution in [0.1, 0.15) is 38.6 Å². The van der Waals surface area contributed by atoms with Crippen LogP contribution in [-0.4, -0.2) is 70.2 Å².